The van der Waals surface area contributed by atoms with E-state index in [0.29, 0.717) is 25.0 Å². The molecular formula is C15H17F6N3O5S. The van der Waals surface area contributed by atoms with Crippen LogP contribution in [0.4, 0.5) is 26.3 Å². The van der Waals surface area contributed by atoms with E-state index < -0.39 is 24.3 Å². The maximum absolute atomic E-state index is 11.9. The van der Waals surface area contributed by atoms with Gasteiger partial charge in [-0.1, -0.05) is 0 Å². The average molecular weight is 465 g/mol. The minimum absolute atomic E-state index is 0.271. The average Bonchev–Trinajstić information content (AvgIpc) is 3.26. The lowest BCUT2D eigenvalue weighted by molar-refractivity contribution is -0.193. The number of carboxylic acids is 2. The molecule has 0 unspecified atom stereocenters. The van der Waals surface area contributed by atoms with Gasteiger partial charge in [0.25, 0.3) is 0 Å². The van der Waals surface area contributed by atoms with Crippen molar-refractivity contribution < 1.29 is 50.9 Å². The van der Waals surface area contributed by atoms with Crippen molar-refractivity contribution in [2.45, 2.75) is 50.7 Å². The molecule has 0 spiro atoms. The minimum Gasteiger partial charge on any atom is -0.475 e. The Morgan fingerprint density at radius 3 is 2.10 bits per heavy atom. The second-order valence-electron chi connectivity index (χ2n) is 6.11. The summed E-state index contributed by atoms with van der Waals surface area (Å²) >= 11 is 1.65. The Hall–Kier alpha value is -2.42. The molecule has 2 saturated heterocycles. The van der Waals surface area contributed by atoms with Crippen molar-refractivity contribution in [3.05, 3.63) is 16.1 Å². The number of hydrogen-bond donors (Lipinski definition) is 3. The van der Waals surface area contributed by atoms with Gasteiger partial charge in [0.2, 0.25) is 5.91 Å². The van der Waals surface area contributed by atoms with E-state index in [1.165, 1.54) is 0 Å². The van der Waals surface area contributed by atoms with E-state index in [4.69, 9.17) is 19.8 Å². The zero-order chi connectivity index (χ0) is 23.3. The van der Waals surface area contributed by atoms with Crippen LogP contribution in [0.15, 0.2) is 5.38 Å². The third kappa shape index (κ3) is 7.78. The van der Waals surface area contributed by atoms with E-state index in [1.807, 2.05) is 11.8 Å². The molecule has 0 aliphatic carbocycles. The number of amides is 1. The van der Waals surface area contributed by atoms with Gasteiger partial charge in [-0.15, -0.1) is 11.3 Å². The third-order valence-corrected chi connectivity index (χ3v) is 4.73. The van der Waals surface area contributed by atoms with Gasteiger partial charge in [-0.3, -0.25) is 4.79 Å². The van der Waals surface area contributed by atoms with Crippen molar-refractivity contribution in [2.24, 2.45) is 0 Å². The predicted molar refractivity (Wildman–Crippen MR) is 89.6 cm³/mol. The van der Waals surface area contributed by atoms with Crippen molar-refractivity contribution >= 4 is 29.2 Å². The summed E-state index contributed by atoms with van der Waals surface area (Å²) < 4.78 is 63.5. The van der Waals surface area contributed by atoms with Crippen LogP contribution in [0.2, 0.25) is 0 Å². The largest absolute Gasteiger partial charge is 0.490 e. The zero-order valence-electron chi connectivity index (χ0n) is 15.3. The summed E-state index contributed by atoms with van der Waals surface area (Å²) in [5, 5.41) is 20.8. The number of alkyl halides is 6. The maximum Gasteiger partial charge on any atom is 0.490 e. The highest BCUT2D eigenvalue weighted by atomic mass is 32.1. The third-order valence-electron chi connectivity index (χ3n) is 3.91. The SMILES string of the molecule is Cc1nc(CN2C(=O)C[C@H]3NCC[C@@H]32)cs1.O=C(O)C(F)(F)F.O=C(O)C(F)(F)F. The first-order chi connectivity index (χ1) is 13.6. The van der Waals surface area contributed by atoms with E-state index in [2.05, 4.69) is 15.7 Å². The maximum atomic E-state index is 11.9. The zero-order valence-corrected chi connectivity index (χ0v) is 16.1. The van der Waals surface area contributed by atoms with Gasteiger partial charge >= 0.3 is 24.3 Å². The summed E-state index contributed by atoms with van der Waals surface area (Å²) in [6.07, 6.45) is -8.42. The summed E-state index contributed by atoms with van der Waals surface area (Å²) in [4.78, 5) is 36.1. The molecule has 0 radical (unpaired) electrons. The van der Waals surface area contributed by atoms with Gasteiger partial charge < -0.3 is 20.4 Å². The number of thiazole rings is 1. The number of halogens is 6. The Labute approximate surface area is 169 Å². The first kappa shape index (κ1) is 25.6. The minimum atomic E-state index is -5.08. The van der Waals surface area contributed by atoms with Gasteiger partial charge in [0.1, 0.15) is 0 Å². The highest BCUT2D eigenvalue weighted by Gasteiger charge is 2.42. The van der Waals surface area contributed by atoms with Crippen LogP contribution in [0.3, 0.4) is 0 Å². The molecular weight excluding hydrogens is 448 g/mol. The number of carbonyl (C=O) groups is 3. The van der Waals surface area contributed by atoms with Crippen molar-refractivity contribution in [2.75, 3.05) is 6.54 Å². The number of carboxylic acid groups (broad SMARTS) is 2. The molecule has 1 aromatic rings. The van der Waals surface area contributed by atoms with Gasteiger partial charge in [-0.25, -0.2) is 14.6 Å². The van der Waals surface area contributed by atoms with Gasteiger partial charge in [-0.05, 0) is 19.9 Å². The Bertz CT molecular complexity index is 743. The van der Waals surface area contributed by atoms with E-state index >= 15 is 0 Å². The summed E-state index contributed by atoms with van der Waals surface area (Å²) in [5.74, 6) is -5.24. The van der Waals surface area contributed by atoms with E-state index in [9.17, 15) is 31.1 Å². The van der Waals surface area contributed by atoms with Crippen LogP contribution in [-0.2, 0) is 20.9 Å². The Balaban J connectivity index is 0.000000271. The Morgan fingerprint density at radius 2 is 1.70 bits per heavy atom. The quantitative estimate of drug-likeness (QED) is 0.573. The van der Waals surface area contributed by atoms with Gasteiger partial charge in [-0.2, -0.15) is 26.3 Å². The summed E-state index contributed by atoms with van der Waals surface area (Å²) in [6.45, 7) is 3.72. The number of carbonyl (C=O) groups excluding carboxylic acids is 1. The molecule has 2 atom stereocenters. The molecule has 170 valence electrons. The van der Waals surface area contributed by atoms with Crippen LogP contribution in [0, 0.1) is 6.92 Å². The second-order valence-corrected chi connectivity index (χ2v) is 7.17. The van der Waals surface area contributed by atoms with E-state index in [0.717, 1.165) is 23.7 Å². The molecule has 0 saturated carbocycles. The molecule has 1 aromatic heterocycles. The standard InChI is InChI=1S/C11H15N3OS.2C2HF3O2/c1-7-13-8(6-16-7)5-14-10-2-3-12-9(10)4-11(14)15;2*3-2(4,5)1(6)7/h6,9-10,12H,2-5H2,1H3;2*(H,6,7)/t9-,10+;;/m1../s1. The van der Waals surface area contributed by atoms with Crippen molar-refractivity contribution in [3.63, 3.8) is 0 Å². The fourth-order valence-corrected chi connectivity index (χ4v) is 3.29. The summed E-state index contributed by atoms with van der Waals surface area (Å²) in [7, 11) is 0. The molecule has 30 heavy (non-hydrogen) atoms. The number of hydrogen-bond acceptors (Lipinski definition) is 6. The summed E-state index contributed by atoms with van der Waals surface area (Å²) in [6, 6.07) is 0.779. The number of nitrogens with zero attached hydrogens (tertiary/aromatic N) is 2. The first-order valence-electron chi connectivity index (χ1n) is 8.17. The molecule has 0 bridgehead atoms. The lowest BCUT2D eigenvalue weighted by atomic mass is 10.1. The Morgan fingerprint density at radius 1 is 1.20 bits per heavy atom. The smallest absolute Gasteiger partial charge is 0.475 e. The van der Waals surface area contributed by atoms with Gasteiger partial charge in [0, 0.05) is 23.9 Å². The van der Waals surface area contributed by atoms with Crippen LogP contribution in [-0.4, -0.2) is 68.9 Å². The van der Waals surface area contributed by atoms with Crippen molar-refractivity contribution in [1.29, 1.82) is 0 Å². The Kier molecular flexibility index (Phi) is 8.59. The molecule has 0 aromatic carbocycles. The van der Waals surface area contributed by atoms with E-state index in [-0.39, 0.29) is 5.91 Å². The second kappa shape index (κ2) is 10.1. The van der Waals surface area contributed by atoms with Gasteiger partial charge in [0.15, 0.2) is 0 Å². The van der Waals surface area contributed by atoms with Crippen LogP contribution >= 0.6 is 11.3 Å². The first-order valence-corrected chi connectivity index (χ1v) is 9.05. The molecule has 8 nitrogen and oxygen atoms in total. The van der Waals surface area contributed by atoms with Crippen LogP contribution < -0.4 is 5.32 Å². The number of fused-ring (bicyclic) bond motifs is 1. The molecule has 2 aliphatic rings. The lowest BCUT2D eigenvalue weighted by Gasteiger charge is -2.22. The fraction of sp³-hybridized carbons (Fsp3) is 0.600. The number of aryl methyl sites for hydroxylation is 1. The normalized spacial score (nSPS) is 20.6. The fourth-order valence-electron chi connectivity index (χ4n) is 2.69. The topological polar surface area (TPSA) is 120 Å². The molecule has 1 amide bonds. The number of rotatable bonds is 2. The highest BCUT2D eigenvalue weighted by Crippen LogP contribution is 2.27. The summed E-state index contributed by atoms with van der Waals surface area (Å²) in [5.41, 5.74) is 1.03. The number of nitrogens with one attached hydrogen (secondary N) is 1. The molecule has 15 heteroatoms. The molecule has 2 aliphatic heterocycles. The highest BCUT2D eigenvalue weighted by molar-refractivity contribution is 7.09. The van der Waals surface area contributed by atoms with E-state index in [1.54, 1.807) is 11.3 Å². The molecule has 3 rings (SSSR count). The van der Waals surface area contributed by atoms with Crippen molar-refractivity contribution in [3.8, 4) is 0 Å². The molecule has 3 N–H and O–H groups in total. The predicted octanol–water partition coefficient (Wildman–Crippen LogP) is 2.18. The molecule has 2 fully saturated rings. The van der Waals surface area contributed by atoms with Crippen LogP contribution in [0.25, 0.3) is 0 Å². The van der Waals surface area contributed by atoms with Crippen molar-refractivity contribution in [1.82, 2.24) is 15.2 Å². The monoisotopic (exact) mass is 465 g/mol. The lowest BCUT2D eigenvalue weighted by Crippen LogP contribution is -2.35. The van der Waals surface area contributed by atoms with Crippen LogP contribution in [0.5, 0.6) is 0 Å². The number of aliphatic carboxylic acids is 2. The van der Waals surface area contributed by atoms with Gasteiger partial charge in [0.05, 0.1) is 17.2 Å². The number of aromatic nitrogens is 1. The molecule has 3 heterocycles. The number of likely N-dealkylation sites (tertiary alicyclic amines) is 1. The van der Waals surface area contributed by atoms with Crippen LogP contribution in [0.1, 0.15) is 23.5 Å².